The van der Waals surface area contributed by atoms with Crippen LogP contribution < -0.4 is 14.5 Å². The number of rotatable bonds is 11. The van der Waals surface area contributed by atoms with Crippen LogP contribution in [0.2, 0.25) is 0 Å². The van der Waals surface area contributed by atoms with Gasteiger partial charge < -0.3 is 24.0 Å². The first-order valence-corrected chi connectivity index (χ1v) is 16.2. The van der Waals surface area contributed by atoms with E-state index >= 15 is 0 Å². The molecule has 46 heavy (non-hydrogen) atoms. The molecule has 1 saturated heterocycles. The number of hydrogen-bond acceptors (Lipinski definition) is 8. The van der Waals surface area contributed by atoms with E-state index in [4.69, 9.17) is 24.2 Å². The molecule has 0 amide bonds. The van der Waals surface area contributed by atoms with Gasteiger partial charge >= 0.3 is 5.97 Å². The van der Waals surface area contributed by atoms with Crippen LogP contribution in [-0.4, -0.2) is 60.9 Å². The van der Waals surface area contributed by atoms with Crippen molar-refractivity contribution in [2.45, 2.75) is 93.0 Å². The van der Waals surface area contributed by atoms with Crippen molar-refractivity contribution < 1.29 is 23.4 Å². The van der Waals surface area contributed by atoms with E-state index < -0.39 is 17.7 Å². The largest absolute Gasteiger partial charge is 0.491 e. The summed E-state index contributed by atoms with van der Waals surface area (Å²) >= 11 is 0. The minimum absolute atomic E-state index is 0.240. The number of hydrogen-bond donors (Lipinski definition) is 0. The first kappa shape index (κ1) is 35.1. The van der Waals surface area contributed by atoms with E-state index in [-0.39, 0.29) is 17.3 Å². The summed E-state index contributed by atoms with van der Waals surface area (Å²) in [5, 5.41) is 0. The second-order valence-corrected chi connectivity index (χ2v) is 14.4. The van der Waals surface area contributed by atoms with E-state index in [1.807, 2.05) is 84.9 Å². The second kappa shape index (κ2) is 14.4. The SMILES string of the molecule is Cc1cc(F)ccc1OCCN(C)c1ccc(-c2cnc(C)c([C@H](OC(C)(C)C)C(=O)OC(C)C)c2N2CCC(C)(C)CC2)cn1. The van der Waals surface area contributed by atoms with Gasteiger partial charge in [0.05, 0.1) is 23.9 Å². The normalized spacial score (nSPS) is 15.5. The number of benzene rings is 1. The number of carbonyl (C=O) groups is 1. The van der Waals surface area contributed by atoms with Gasteiger partial charge in [-0.25, -0.2) is 14.2 Å². The molecular formula is C37H51FN4O4. The van der Waals surface area contributed by atoms with E-state index in [0.717, 1.165) is 65.4 Å². The van der Waals surface area contributed by atoms with Crippen LogP contribution in [0.3, 0.4) is 0 Å². The average Bonchev–Trinajstić information content (AvgIpc) is 2.96. The van der Waals surface area contributed by atoms with E-state index in [1.165, 1.54) is 12.1 Å². The molecule has 4 rings (SSSR count). The molecule has 0 radical (unpaired) electrons. The van der Waals surface area contributed by atoms with E-state index in [2.05, 4.69) is 18.7 Å². The number of nitrogens with zero attached hydrogens (tertiary/aromatic N) is 4. The molecule has 1 aliphatic rings. The van der Waals surface area contributed by atoms with E-state index in [0.29, 0.717) is 18.9 Å². The molecule has 3 heterocycles. The molecule has 1 fully saturated rings. The van der Waals surface area contributed by atoms with Gasteiger partial charge in [0.25, 0.3) is 0 Å². The average molecular weight is 635 g/mol. The van der Waals surface area contributed by atoms with E-state index in [9.17, 15) is 9.18 Å². The van der Waals surface area contributed by atoms with Crippen molar-refractivity contribution in [3.8, 4) is 16.9 Å². The zero-order chi connectivity index (χ0) is 33.8. The molecule has 0 saturated carbocycles. The van der Waals surface area contributed by atoms with Crippen molar-refractivity contribution in [1.82, 2.24) is 9.97 Å². The summed E-state index contributed by atoms with van der Waals surface area (Å²) < 4.78 is 31.6. The number of anilines is 2. The first-order chi connectivity index (χ1) is 21.5. The Kier molecular flexibility index (Phi) is 11.0. The van der Waals surface area contributed by atoms with E-state index in [1.54, 1.807) is 6.07 Å². The highest BCUT2D eigenvalue weighted by molar-refractivity contribution is 5.87. The lowest BCUT2D eigenvalue weighted by molar-refractivity contribution is -0.171. The van der Waals surface area contributed by atoms with Gasteiger partial charge in [-0.2, -0.15) is 0 Å². The number of ether oxygens (including phenoxy) is 3. The van der Waals surface area contributed by atoms with Crippen molar-refractivity contribution in [2.24, 2.45) is 5.41 Å². The van der Waals surface area contributed by atoms with Gasteiger partial charge in [-0.3, -0.25) is 4.98 Å². The molecular weight excluding hydrogens is 583 g/mol. The molecule has 0 spiro atoms. The number of aromatic nitrogens is 2. The molecule has 0 N–H and O–H groups in total. The van der Waals surface area contributed by atoms with Crippen LogP contribution >= 0.6 is 0 Å². The van der Waals surface area contributed by atoms with Crippen LogP contribution in [0.25, 0.3) is 11.1 Å². The molecule has 8 nitrogen and oxygen atoms in total. The van der Waals surface area contributed by atoms with Gasteiger partial charge in [-0.15, -0.1) is 0 Å². The zero-order valence-electron chi connectivity index (χ0n) is 29.2. The van der Waals surface area contributed by atoms with Crippen LogP contribution in [0.15, 0.2) is 42.7 Å². The summed E-state index contributed by atoms with van der Waals surface area (Å²) in [6.07, 6.45) is 4.56. The minimum atomic E-state index is -0.942. The van der Waals surface area contributed by atoms with Crippen molar-refractivity contribution in [2.75, 3.05) is 43.1 Å². The quantitative estimate of drug-likeness (QED) is 0.198. The summed E-state index contributed by atoms with van der Waals surface area (Å²) in [6, 6.07) is 8.55. The fraction of sp³-hybridized carbons (Fsp3) is 0.541. The summed E-state index contributed by atoms with van der Waals surface area (Å²) in [4.78, 5) is 27.7. The number of halogens is 1. The Hall–Kier alpha value is -3.72. The number of aryl methyl sites for hydroxylation is 2. The molecule has 1 aromatic carbocycles. The molecule has 3 aromatic rings. The summed E-state index contributed by atoms with van der Waals surface area (Å²) in [5.74, 6) is 0.764. The fourth-order valence-corrected chi connectivity index (χ4v) is 5.64. The molecule has 2 aromatic heterocycles. The third kappa shape index (κ3) is 8.96. The smallest absolute Gasteiger partial charge is 0.340 e. The molecule has 1 aliphatic heterocycles. The highest BCUT2D eigenvalue weighted by Crippen LogP contribution is 2.43. The predicted octanol–water partition coefficient (Wildman–Crippen LogP) is 7.85. The molecule has 0 unspecified atom stereocenters. The Morgan fingerprint density at radius 3 is 2.35 bits per heavy atom. The predicted molar refractivity (Wildman–Crippen MR) is 182 cm³/mol. The van der Waals surface area contributed by atoms with Crippen molar-refractivity contribution >= 4 is 17.5 Å². The lowest BCUT2D eigenvalue weighted by atomic mass is 9.82. The minimum Gasteiger partial charge on any atom is -0.491 e. The van der Waals surface area contributed by atoms with Crippen LogP contribution in [0.4, 0.5) is 15.9 Å². The van der Waals surface area contributed by atoms with Gasteiger partial charge in [0.2, 0.25) is 0 Å². The highest BCUT2D eigenvalue weighted by Gasteiger charge is 2.37. The lowest BCUT2D eigenvalue weighted by Crippen LogP contribution is -2.39. The Morgan fingerprint density at radius 2 is 1.76 bits per heavy atom. The summed E-state index contributed by atoms with van der Waals surface area (Å²) in [7, 11) is 1.96. The molecule has 9 heteroatoms. The van der Waals surface area contributed by atoms with Crippen LogP contribution in [0, 0.1) is 25.1 Å². The standard InChI is InChI=1S/C37H51FN4O4/c1-24(2)45-35(43)34(46-36(5,6)7)32-26(4)39-23-29(33(32)42-17-15-37(8,9)16-18-42)27-11-14-31(40-22-27)41(10)19-20-44-30-13-12-28(38)21-25(30)3/h11-14,21-24,34H,15-20H2,1-10H3/t34-/m0/s1. The van der Waals surface area contributed by atoms with Gasteiger partial charge in [-0.1, -0.05) is 13.8 Å². The molecule has 1 atom stereocenters. The van der Waals surface area contributed by atoms with Gasteiger partial charge in [0.1, 0.15) is 24.0 Å². The van der Waals surface area contributed by atoms with Crippen LogP contribution in [0.5, 0.6) is 5.75 Å². The third-order valence-electron chi connectivity index (χ3n) is 8.29. The Labute approximate surface area is 274 Å². The zero-order valence-corrected chi connectivity index (χ0v) is 29.2. The number of carbonyl (C=O) groups excluding carboxylic acids is 1. The summed E-state index contributed by atoms with van der Waals surface area (Å²) in [6.45, 7) is 20.6. The second-order valence-electron chi connectivity index (χ2n) is 14.4. The molecule has 0 bridgehead atoms. The Balaban J connectivity index is 1.68. The molecule has 0 aliphatic carbocycles. The monoisotopic (exact) mass is 634 g/mol. The highest BCUT2D eigenvalue weighted by atomic mass is 19.1. The number of pyridine rings is 2. The van der Waals surface area contributed by atoms with Crippen molar-refractivity contribution in [3.63, 3.8) is 0 Å². The summed E-state index contributed by atoms with van der Waals surface area (Å²) in [5.41, 5.74) is 4.63. The number of likely N-dealkylation sites (N-methyl/N-ethyl adjacent to an activating group) is 1. The van der Waals surface area contributed by atoms with Crippen LogP contribution in [-0.2, 0) is 14.3 Å². The Morgan fingerprint density at radius 1 is 1.07 bits per heavy atom. The number of piperidine rings is 1. The maximum absolute atomic E-state index is 13.7. The number of esters is 1. The van der Waals surface area contributed by atoms with Crippen molar-refractivity contribution in [3.05, 3.63) is 65.4 Å². The maximum Gasteiger partial charge on any atom is 0.340 e. The van der Waals surface area contributed by atoms with Crippen molar-refractivity contribution in [1.29, 1.82) is 0 Å². The van der Waals surface area contributed by atoms with Gasteiger partial charge in [0.15, 0.2) is 6.10 Å². The lowest BCUT2D eigenvalue weighted by Gasteiger charge is -2.41. The topological polar surface area (TPSA) is 77.0 Å². The van der Waals surface area contributed by atoms with Crippen LogP contribution in [0.1, 0.15) is 84.2 Å². The fourth-order valence-electron chi connectivity index (χ4n) is 5.64. The first-order valence-electron chi connectivity index (χ1n) is 16.2. The molecule has 250 valence electrons. The van der Waals surface area contributed by atoms with Gasteiger partial charge in [0, 0.05) is 54.9 Å². The van der Waals surface area contributed by atoms with Gasteiger partial charge in [-0.05, 0) is 103 Å². The maximum atomic E-state index is 13.7. The third-order valence-corrected chi connectivity index (χ3v) is 8.29. The Bertz CT molecular complexity index is 1490.